The molecule has 0 unspecified atom stereocenters. The van der Waals surface area contributed by atoms with Gasteiger partial charge in [0, 0.05) is 17.0 Å². The highest BCUT2D eigenvalue weighted by molar-refractivity contribution is 7.07. The van der Waals surface area contributed by atoms with E-state index >= 15 is 0 Å². The first-order valence-corrected chi connectivity index (χ1v) is 7.71. The summed E-state index contributed by atoms with van der Waals surface area (Å²) in [6.45, 7) is 0.636. The van der Waals surface area contributed by atoms with E-state index in [0.717, 1.165) is 22.8 Å². The third-order valence-electron chi connectivity index (χ3n) is 3.26. The first kappa shape index (κ1) is 12.9. The second-order valence-electron chi connectivity index (χ2n) is 4.70. The van der Waals surface area contributed by atoms with Crippen LogP contribution in [0.15, 0.2) is 53.6 Å². The lowest BCUT2D eigenvalue weighted by molar-refractivity contribution is 0.920. The molecular formula is C15H12N6S. The van der Waals surface area contributed by atoms with E-state index in [9.17, 15) is 0 Å². The molecule has 6 nitrogen and oxygen atoms in total. The molecule has 0 fully saturated rings. The summed E-state index contributed by atoms with van der Waals surface area (Å²) in [4.78, 5) is 13.0. The Bertz CT molecular complexity index is 885. The van der Waals surface area contributed by atoms with Crippen molar-refractivity contribution in [3.05, 3.63) is 59.3 Å². The van der Waals surface area contributed by atoms with Crippen LogP contribution in [0.2, 0.25) is 0 Å². The van der Waals surface area contributed by atoms with E-state index in [1.807, 2.05) is 47.3 Å². The summed E-state index contributed by atoms with van der Waals surface area (Å²) in [6.07, 6.45) is 1.51. The molecule has 0 aliphatic rings. The number of nitrogens with one attached hydrogen (secondary N) is 1. The summed E-state index contributed by atoms with van der Waals surface area (Å²) in [5.41, 5.74) is 4.73. The van der Waals surface area contributed by atoms with Crippen molar-refractivity contribution in [2.75, 3.05) is 5.32 Å². The molecule has 108 valence electrons. The van der Waals surface area contributed by atoms with Crippen molar-refractivity contribution in [1.29, 1.82) is 0 Å². The fraction of sp³-hybridized carbons (Fsp3) is 0.0667. The van der Waals surface area contributed by atoms with Gasteiger partial charge in [-0.25, -0.2) is 9.97 Å². The SMILES string of the molecule is c1ccc(-c2cc(NCc3cscn3)n3ncnc3n2)cc1. The van der Waals surface area contributed by atoms with E-state index in [4.69, 9.17) is 0 Å². The smallest absolute Gasteiger partial charge is 0.254 e. The highest BCUT2D eigenvalue weighted by Gasteiger charge is 2.09. The Hall–Kier alpha value is -2.80. The standard InChI is InChI=1S/C15H12N6S/c1-2-4-11(5-3-1)13-6-14(16-7-12-8-22-10-18-12)21-15(20-13)17-9-19-21/h1-6,8-10,16H,7H2. The first-order valence-electron chi connectivity index (χ1n) is 6.77. The second kappa shape index (κ2) is 5.53. The molecule has 3 heterocycles. The van der Waals surface area contributed by atoms with Gasteiger partial charge >= 0.3 is 0 Å². The summed E-state index contributed by atoms with van der Waals surface area (Å²) in [5, 5.41) is 9.59. The molecule has 3 aromatic heterocycles. The van der Waals surface area contributed by atoms with Gasteiger partial charge in [-0.05, 0) is 0 Å². The zero-order chi connectivity index (χ0) is 14.8. The summed E-state index contributed by atoms with van der Waals surface area (Å²) in [5.74, 6) is 1.41. The van der Waals surface area contributed by atoms with Crippen LogP contribution in [0.3, 0.4) is 0 Å². The maximum Gasteiger partial charge on any atom is 0.254 e. The number of benzene rings is 1. The zero-order valence-corrected chi connectivity index (χ0v) is 12.4. The summed E-state index contributed by atoms with van der Waals surface area (Å²) >= 11 is 1.58. The summed E-state index contributed by atoms with van der Waals surface area (Å²) in [6, 6.07) is 12.0. The van der Waals surface area contributed by atoms with Crippen molar-refractivity contribution in [3.63, 3.8) is 0 Å². The average molecular weight is 308 g/mol. The van der Waals surface area contributed by atoms with Crippen LogP contribution in [0.1, 0.15) is 5.69 Å². The number of thiazole rings is 1. The van der Waals surface area contributed by atoms with Gasteiger partial charge in [0.25, 0.3) is 5.78 Å². The molecule has 0 aliphatic carbocycles. The maximum absolute atomic E-state index is 4.55. The molecule has 0 saturated heterocycles. The number of aromatic nitrogens is 5. The van der Waals surface area contributed by atoms with Gasteiger partial charge in [-0.15, -0.1) is 11.3 Å². The molecule has 0 bridgehead atoms. The van der Waals surface area contributed by atoms with Crippen LogP contribution in [0, 0.1) is 0 Å². The minimum atomic E-state index is 0.571. The van der Waals surface area contributed by atoms with Gasteiger partial charge in [0.1, 0.15) is 12.1 Å². The lowest BCUT2D eigenvalue weighted by Gasteiger charge is -2.09. The van der Waals surface area contributed by atoms with Gasteiger partial charge in [0.05, 0.1) is 23.4 Å². The van der Waals surface area contributed by atoms with E-state index in [2.05, 4.69) is 25.4 Å². The molecule has 0 radical (unpaired) electrons. The molecule has 4 aromatic rings. The lowest BCUT2D eigenvalue weighted by atomic mass is 10.1. The third kappa shape index (κ3) is 2.42. The molecule has 0 saturated carbocycles. The van der Waals surface area contributed by atoms with Crippen LogP contribution >= 0.6 is 11.3 Å². The molecule has 4 rings (SSSR count). The van der Waals surface area contributed by atoms with Gasteiger partial charge in [0.2, 0.25) is 0 Å². The Morgan fingerprint density at radius 2 is 2.05 bits per heavy atom. The Labute approximate surface area is 130 Å². The molecule has 0 amide bonds. The van der Waals surface area contributed by atoms with Crippen LogP contribution in [-0.4, -0.2) is 24.6 Å². The maximum atomic E-state index is 4.55. The molecule has 1 N–H and O–H groups in total. The fourth-order valence-corrected chi connectivity index (χ4v) is 2.76. The normalized spacial score (nSPS) is 10.9. The van der Waals surface area contributed by atoms with Gasteiger partial charge in [-0.3, -0.25) is 0 Å². The quantitative estimate of drug-likeness (QED) is 0.628. The van der Waals surface area contributed by atoms with Crippen LogP contribution in [0.4, 0.5) is 5.82 Å². The first-order chi connectivity index (χ1) is 10.9. The minimum Gasteiger partial charge on any atom is -0.364 e. The van der Waals surface area contributed by atoms with E-state index in [0.29, 0.717) is 12.3 Å². The van der Waals surface area contributed by atoms with E-state index < -0.39 is 0 Å². The number of rotatable bonds is 4. The molecule has 0 aliphatic heterocycles. The van der Waals surface area contributed by atoms with Crippen LogP contribution in [0.25, 0.3) is 17.0 Å². The number of nitrogens with zero attached hydrogens (tertiary/aromatic N) is 5. The van der Waals surface area contributed by atoms with Crippen LogP contribution < -0.4 is 5.32 Å². The molecule has 0 spiro atoms. The van der Waals surface area contributed by atoms with Crippen LogP contribution in [0.5, 0.6) is 0 Å². The third-order valence-corrected chi connectivity index (χ3v) is 3.89. The lowest BCUT2D eigenvalue weighted by Crippen LogP contribution is -2.07. The summed E-state index contributed by atoms with van der Waals surface area (Å²) < 4.78 is 1.69. The monoisotopic (exact) mass is 308 g/mol. The van der Waals surface area contributed by atoms with Crippen molar-refractivity contribution in [1.82, 2.24) is 24.6 Å². The molecule has 22 heavy (non-hydrogen) atoms. The molecule has 1 aromatic carbocycles. The Balaban J connectivity index is 1.74. The van der Waals surface area contributed by atoms with Gasteiger partial charge in [-0.1, -0.05) is 30.3 Å². The van der Waals surface area contributed by atoms with E-state index in [-0.39, 0.29) is 0 Å². The predicted molar refractivity (Wildman–Crippen MR) is 85.7 cm³/mol. The number of hydrogen-bond acceptors (Lipinski definition) is 6. The fourth-order valence-electron chi connectivity index (χ4n) is 2.20. The van der Waals surface area contributed by atoms with Gasteiger partial charge in [0.15, 0.2) is 0 Å². The van der Waals surface area contributed by atoms with E-state index in [1.54, 1.807) is 15.9 Å². The van der Waals surface area contributed by atoms with Crippen molar-refractivity contribution >= 4 is 22.9 Å². The van der Waals surface area contributed by atoms with E-state index in [1.165, 1.54) is 6.33 Å². The second-order valence-corrected chi connectivity index (χ2v) is 5.42. The zero-order valence-electron chi connectivity index (χ0n) is 11.5. The van der Waals surface area contributed by atoms with Crippen LogP contribution in [-0.2, 0) is 6.54 Å². The Kier molecular flexibility index (Phi) is 3.24. The Morgan fingerprint density at radius 1 is 1.14 bits per heavy atom. The number of fused-ring (bicyclic) bond motifs is 1. The summed E-state index contributed by atoms with van der Waals surface area (Å²) in [7, 11) is 0. The van der Waals surface area contributed by atoms with Gasteiger partial charge < -0.3 is 5.32 Å². The minimum absolute atomic E-state index is 0.571. The highest BCUT2D eigenvalue weighted by Crippen LogP contribution is 2.21. The van der Waals surface area contributed by atoms with Gasteiger partial charge in [-0.2, -0.15) is 14.6 Å². The number of hydrogen-bond donors (Lipinski definition) is 1. The van der Waals surface area contributed by atoms with Crippen molar-refractivity contribution in [2.45, 2.75) is 6.54 Å². The predicted octanol–water partition coefficient (Wildman–Crippen LogP) is 2.86. The highest BCUT2D eigenvalue weighted by atomic mass is 32.1. The molecular weight excluding hydrogens is 296 g/mol. The van der Waals surface area contributed by atoms with Crippen molar-refractivity contribution in [3.8, 4) is 11.3 Å². The number of anilines is 1. The average Bonchev–Trinajstić information content (AvgIpc) is 3.24. The topological polar surface area (TPSA) is 68.0 Å². The molecule has 7 heteroatoms. The molecule has 0 atom stereocenters. The Morgan fingerprint density at radius 3 is 2.86 bits per heavy atom. The van der Waals surface area contributed by atoms with Crippen molar-refractivity contribution < 1.29 is 0 Å². The van der Waals surface area contributed by atoms with Crippen molar-refractivity contribution in [2.24, 2.45) is 0 Å². The largest absolute Gasteiger partial charge is 0.364 e.